The smallest absolute Gasteiger partial charge is 0.186 e. The van der Waals surface area contributed by atoms with E-state index in [1.165, 1.54) is 12.4 Å². The van der Waals surface area contributed by atoms with Crippen molar-refractivity contribution < 1.29 is 0 Å². The third-order valence-corrected chi connectivity index (χ3v) is 1.85. The zero-order chi connectivity index (χ0) is 11.3. The van der Waals surface area contributed by atoms with Gasteiger partial charge in [-0.1, -0.05) is 11.6 Å². The van der Waals surface area contributed by atoms with Gasteiger partial charge in [0.25, 0.3) is 0 Å². The summed E-state index contributed by atoms with van der Waals surface area (Å²) in [6.07, 6.45) is 2.86. The minimum absolute atomic E-state index is 0.155. The van der Waals surface area contributed by atoms with Gasteiger partial charge in [-0.25, -0.2) is 4.98 Å². The molecule has 0 radical (unpaired) electrons. The minimum atomic E-state index is 0.155. The fourth-order valence-corrected chi connectivity index (χ4v) is 0.883. The Kier molecular flexibility index (Phi) is 4.19. The Hall–Kier alpha value is -1.47. The van der Waals surface area contributed by atoms with Gasteiger partial charge in [-0.3, -0.25) is 10.4 Å². The van der Waals surface area contributed by atoms with Crippen molar-refractivity contribution in [2.45, 2.75) is 0 Å². The lowest BCUT2D eigenvalue weighted by molar-refractivity contribution is 0.967. The van der Waals surface area contributed by atoms with E-state index in [4.69, 9.17) is 29.6 Å². The Labute approximate surface area is 96.9 Å². The third-order valence-electron chi connectivity index (χ3n) is 1.37. The summed E-state index contributed by atoms with van der Waals surface area (Å²) in [6.45, 7) is 0. The van der Waals surface area contributed by atoms with E-state index in [9.17, 15) is 0 Å². The first-order valence-electron chi connectivity index (χ1n) is 3.92. The van der Waals surface area contributed by atoms with Gasteiger partial charge < -0.3 is 11.1 Å². The van der Waals surface area contributed by atoms with Gasteiger partial charge >= 0.3 is 0 Å². The van der Waals surface area contributed by atoms with Crippen LogP contribution in [0.5, 0.6) is 0 Å². The number of thiocarbonyl (C=S) groups is 1. The van der Waals surface area contributed by atoms with Crippen LogP contribution < -0.4 is 16.5 Å². The molecule has 1 aromatic heterocycles. The number of nitrogens with two attached hydrogens (primary N) is 1. The molecule has 0 aliphatic rings. The monoisotopic (exact) mass is 244 g/mol. The van der Waals surface area contributed by atoms with Crippen molar-refractivity contribution in [1.82, 2.24) is 20.7 Å². The van der Waals surface area contributed by atoms with E-state index in [2.05, 4.69) is 25.8 Å². The summed E-state index contributed by atoms with van der Waals surface area (Å²) in [5.74, 6) is 0.155. The summed E-state index contributed by atoms with van der Waals surface area (Å²) in [6, 6.07) is 0. The Morgan fingerprint density at radius 2 is 2.33 bits per heavy atom. The minimum Gasteiger partial charge on any atom is -0.380 e. The summed E-state index contributed by atoms with van der Waals surface area (Å²) in [5.41, 5.74) is 8.51. The number of rotatable bonds is 2. The normalized spacial score (nSPS) is 10.9. The molecule has 15 heavy (non-hydrogen) atoms. The van der Waals surface area contributed by atoms with Gasteiger partial charge in [0.1, 0.15) is 10.8 Å². The van der Waals surface area contributed by atoms with E-state index in [0.717, 1.165) is 0 Å². The molecule has 4 N–H and O–H groups in total. The number of hydrogen-bond donors (Lipinski definition) is 3. The van der Waals surface area contributed by atoms with Crippen LogP contribution in [0.25, 0.3) is 0 Å². The molecular weight excluding hydrogens is 236 g/mol. The summed E-state index contributed by atoms with van der Waals surface area (Å²) in [7, 11) is 1.67. The lowest BCUT2D eigenvalue weighted by Gasteiger charge is -2.02. The standard InChI is InChI=1S/C7H9ClN6S/c1-10-7(15)14-13-6(9)4-2-11-3-5(8)12-4/h2-3H,1H3,(H2,9,13)(H2,10,14,15). The van der Waals surface area contributed by atoms with Crippen LogP contribution in [0.1, 0.15) is 5.69 Å². The van der Waals surface area contributed by atoms with E-state index in [-0.39, 0.29) is 11.0 Å². The van der Waals surface area contributed by atoms with Crippen LogP contribution in [0, 0.1) is 0 Å². The molecule has 0 aliphatic carbocycles. The molecule has 0 atom stereocenters. The number of hydrogen-bond acceptors (Lipinski definition) is 4. The average Bonchev–Trinajstić information content (AvgIpc) is 2.25. The van der Waals surface area contributed by atoms with Crippen molar-refractivity contribution in [2.24, 2.45) is 10.8 Å². The number of nitrogens with one attached hydrogen (secondary N) is 2. The average molecular weight is 245 g/mol. The van der Waals surface area contributed by atoms with Crippen molar-refractivity contribution in [3.05, 3.63) is 23.2 Å². The number of halogens is 1. The van der Waals surface area contributed by atoms with Gasteiger partial charge in [0.05, 0.1) is 12.4 Å². The predicted octanol–water partition coefficient (Wildman–Crippen LogP) is -0.156. The number of amidine groups is 1. The number of nitrogens with zero attached hydrogens (tertiary/aromatic N) is 3. The molecule has 0 fully saturated rings. The van der Waals surface area contributed by atoms with E-state index in [1.807, 2.05) is 0 Å². The maximum absolute atomic E-state index is 5.64. The Morgan fingerprint density at radius 3 is 2.93 bits per heavy atom. The Balaban J connectivity index is 2.75. The molecule has 1 rings (SSSR count). The molecule has 0 amide bonds. The van der Waals surface area contributed by atoms with E-state index < -0.39 is 0 Å². The van der Waals surface area contributed by atoms with Crippen molar-refractivity contribution in [2.75, 3.05) is 7.05 Å². The predicted molar refractivity (Wildman–Crippen MR) is 62.6 cm³/mol. The Bertz CT molecular complexity index is 393. The topological polar surface area (TPSA) is 88.2 Å². The molecule has 80 valence electrons. The summed E-state index contributed by atoms with van der Waals surface area (Å²) < 4.78 is 0. The maximum atomic E-state index is 5.64. The molecule has 0 unspecified atom stereocenters. The highest BCUT2D eigenvalue weighted by atomic mass is 35.5. The largest absolute Gasteiger partial charge is 0.380 e. The highest BCUT2D eigenvalue weighted by Gasteiger charge is 2.01. The summed E-state index contributed by atoms with van der Waals surface area (Å²) >= 11 is 10.4. The lowest BCUT2D eigenvalue weighted by Crippen LogP contribution is -2.31. The van der Waals surface area contributed by atoms with Crippen molar-refractivity contribution in [1.29, 1.82) is 0 Å². The molecule has 1 aromatic rings. The summed E-state index contributed by atoms with van der Waals surface area (Å²) in [5, 5.41) is 7.07. The summed E-state index contributed by atoms with van der Waals surface area (Å²) in [4.78, 5) is 7.74. The zero-order valence-electron chi connectivity index (χ0n) is 7.86. The van der Waals surface area contributed by atoms with Gasteiger partial charge in [-0.15, -0.1) is 0 Å². The second kappa shape index (κ2) is 5.42. The molecule has 0 aliphatic heterocycles. The number of aromatic nitrogens is 2. The van der Waals surface area contributed by atoms with Crippen LogP contribution >= 0.6 is 23.8 Å². The van der Waals surface area contributed by atoms with Gasteiger partial charge in [-0.05, 0) is 12.2 Å². The highest BCUT2D eigenvalue weighted by Crippen LogP contribution is 2.01. The molecule has 0 aromatic carbocycles. The van der Waals surface area contributed by atoms with Gasteiger partial charge in [0.2, 0.25) is 0 Å². The molecule has 0 bridgehead atoms. The lowest BCUT2D eigenvalue weighted by atomic mass is 10.4. The second-order valence-electron chi connectivity index (χ2n) is 2.42. The molecule has 0 saturated carbocycles. The van der Waals surface area contributed by atoms with Gasteiger partial charge in [0.15, 0.2) is 10.9 Å². The molecule has 0 saturated heterocycles. The van der Waals surface area contributed by atoms with E-state index >= 15 is 0 Å². The maximum Gasteiger partial charge on any atom is 0.186 e. The fourth-order valence-electron chi connectivity index (χ4n) is 0.690. The van der Waals surface area contributed by atoms with Crippen molar-refractivity contribution >= 4 is 34.8 Å². The van der Waals surface area contributed by atoms with E-state index in [1.54, 1.807) is 7.05 Å². The SMILES string of the molecule is CNC(=S)N/N=C(\N)c1cncc(Cl)n1. The van der Waals surface area contributed by atoms with Crippen LogP contribution in [0.2, 0.25) is 5.15 Å². The van der Waals surface area contributed by atoms with Crippen molar-refractivity contribution in [3.63, 3.8) is 0 Å². The van der Waals surface area contributed by atoms with Crippen LogP contribution in [0.3, 0.4) is 0 Å². The first-order chi connectivity index (χ1) is 7.13. The first-order valence-corrected chi connectivity index (χ1v) is 4.71. The highest BCUT2D eigenvalue weighted by molar-refractivity contribution is 7.80. The molecule has 8 heteroatoms. The molecule has 6 nitrogen and oxygen atoms in total. The molecule has 1 heterocycles. The second-order valence-corrected chi connectivity index (χ2v) is 3.21. The fraction of sp³-hybridized carbons (Fsp3) is 0.143. The third kappa shape index (κ3) is 3.64. The van der Waals surface area contributed by atoms with Crippen LogP contribution in [0.15, 0.2) is 17.5 Å². The van der Waals surface area contributed by atoms with E-state index in [0.29, 0.717) is 10.8 Å². The molecular formula is C7H9ClN6S. The van der Waals surface area contributed by atoms with Crippen LogP contribution in [0.4, 0.5) is 0 Å². The van der Waals surface area contributed by atoms with Crippen LogP contribution in [-0.4, -0.2) is 28.0 Å². The Morgan fingerprint density at radius 1 is 1.60 bits per heavy atom. The first kappa shape index (κ1) is 11.6. The quantitative estimate of drug-likeness (QED) is 0.290. The van der Waals surface area contributed by atoms with Gasteiger partial charge in [-0.2, -0.15) is 5.10 Å². The van der Waals surface area contributed by atoms with Gasteiger partial charge in [0, 0.05) is 7.05 Å². The van der Waals surface area contributed by atoms with Crippen LogP contribution in [-0.2, 0) is 0 Å². The zero-order valence-corrected chi connectivity index (χ0v) is 9.43. The van der Waals surface area contributed by atoms with Crippen molar-refractivity contribution in [3.8, 4) is 0 Å². The number of hydrazone groups is 1. The molecule has 0 spiro atoms.